The van der Waals surface area contributed by atoms with Gasteiger partial charge in [0.2, 0.25) is 0 Å². The summed E-state index contributed by atoms with van der Waals surface area (Å²) in [4.78, 5) is 14.8. The van der Waals surface area contributed by atoms with E-state index >= 15 is 0 Å². The molecule has 5 nitrogen and oxygen atoms in total. The lowest BCUT2D eigenvalue weighted by molar-refractivity contribution is 0.0830. The van der Waals surface area contributed by atoms with Gasteiger partial charge in [0.25, 0.3) is 0 Å². The molecule has 0 radical (unpaired) electrons. The quantitative estimate of drug-likeness (QED) is 0.780. The normalized spacial score (nSPS) is 21.7. The molecule has 0 spiro atoms. The molecular weight excluding hydrogens is 266 g/mol. The molecule has 21 heavy (non-hydrogen) atoms. The maximum Gasteiger partial charge on any atom is 0.194 e. The first kappa shape index (κ1) is 14.3. The number of hydrogen-bond acceptors (Lipinski definition) is 4. The third-order valence-corrected chi connectivity index (χ3v) is 4.34. The number of fused-ring (bicyclic) bond motifs is 1. The van der Waals surface area contributed by atoms with Gasteiger partial charge < -0.3 is 9.64 Å². The van der Waals surface area contributed by atoms with Crippen LogP contribution in [0, 0.1) is 0 Å². The fraction of sp³-hybridized carbons (Fsp3) is 0.625. The van der Waals surface area contributed by atoms with E-state index in [2.05, 4.69) is 5.10 Å². The summed E-state index contributed by atoms with van der Waals surface area (Å²) in [7, 11) is 5.88. The molecular formula is C16H23N3O2. The maximum absolute atomic E-state index is 12.8. The molecule has 2 aliphatic rings. The molecule has 0 saturated carbocycles. The minimum atomic E-state index is 0.166. The molecule has 1 fully saturated rings. The summed E-state index contributed by atoms with van der Waals surface area (Å²) < 4.78 is 7.38. The van der Waals surface area contributed by atoms with Gasteiger partial charge in [-0.3, -0.25) is 9.48 Å². The summed E-state index contributed by atoms with van der Waals surface area (Å²) in [6, 6.07) is 0. The summed E-state index contributed by atoms with van der Waals surface area (Å²) >= 11 is 0. The molecule has 1 aromatic heterocycles. The Labute approximate surface area is 125 Å². The zero-order valence-corrected chi connectivity index (χ0v) is 13.1. The third-order valence-electron chi connectivity index (χ3n) is 4.34. The van der Waals surface area contributed by atoms with Crippen LogP contribution in [0.15, 0.2) is 11.8 Å². The molecule has 0 N–H and O–H groups in total. The maximum atomic E-state index is 12.8. The Hall–Kier alpha value is -1.62. The molecule has 2 heterocycles. The summed E-state index contributed by atoms with van der Waals surface area (Å²) in [6.07, 6.45) is 5.55. The molecule has 1 aliphatic heterocycles. The number of Topliss-reactive ketones (excluding diaryl/α,β-unsaturated/α-hetero) is 1. The summed E-state index contributed by atoms with van der Waals surface area (Å²) in [5.74, 6) is 0.558. The van der Waals surface area contributed by atoms with Crippen LogP contribution in [-0.4, -0.2) is 47.8 Å². The number of hydrogen-bond donors (Lipinski definition) is 0. The van der Waals surface area contributed by atoms with E-state index in [9.17, 15) is 4.79 Å². The van der Waals surface area contributed by atoms with E-state index in [4.69, 9.17) is 4.74 Å². The number of aryl methyl sites for hydroxylation is 2. The van der Waals surface area contributed by atoms with Crippen LogP contribution in [0.1, 0.15) is 46.9 Å². The second kappa shape index (κ2) is 5.64. The van der Waals surface area contributed by atoms with E-state index in [1.165, 1.54) is 0 Å². The number of ketones is 1. The van der Waals surface area contributed by atoms with E-state index in [1.54, 1.807) is 0 Å². The molecule has 0 aromatic carbocycles. The minimum Gasteiger partial charge on any atom is -0.383 e. The zero-order valence-electron chi connectivity index (χ0n) is 13.1. The van der Waals surface area contributed by atoms with Gasteiger partial charge >= 0.3 is 0 Å². The fourth-order valence-corrected chi connectivity index (χ4v) is 3.42. The monoisotopic (exact) mass is 289 g/mol. The molecule has 3 rings (SSSR count). The zero-order chi connectivity index (χ0) is 15.0. The van der Waals surface area contributed by atoms with Gasteiger partial charge in [-0.15, -0.1) is 0 Å². The van der Waals surface area contributed by atoms with Crippen LogP contribution in [0.4, 0.5) is 0 Å². The van der Waals surface area contributed by atoms with Gasteiger partial charge in [-0.05, 0) is 25.7 Å². The molecule has 5 heteroatoms. The van der Waals surface area contributed by atoms with Gasteiger partial charge in [0.1, 0.15) is 0 Å². The van der Waals surface area contributed by atoms with Crippen molar-refractivity contribution in [1.29, 1.82) is 0 Å². The summed E-state index contributed by atoms with van der Waals surface area (Å²) in [6.45, 7) is 1.55. The number of rotatable bonds is 2. The van der Waals surface area contributed by atoms with Gasteiger partial charge in [0, 0.05) is 52.0 Å². The standard InChI is InChI=1S/C16H23N3O2/c1-18(2)10-12-4-5-13-14(16(12)20)15(19(3)17-13)11-6-8-21-9-7-11/h10-11H,4-9H2,1-3H3. The van der Waals surface area contributed by atoms with E-state index in [0.717, 1.165) is 61.4 Å². The number of nitrogens with zero attached hydrogens (tertiary/aromatic N) is 3. The third kappa shape index (κ3) is 2.62. The van der Waals surface area contributed by atoms with Gasteiger partial charge in [0.15, 0.2) is 5.78 Å². The molecule has 1 saturated heterocycles. The Kier molecular flexibility index (Phi) is 3.85. The molecule has 0 amide bonds. The van der Waals surface area contributed by atoms with Crippen LogP contribution in [0.2, 0.25) is 0 Å². The van der Waals surface area contributed by atoms with E-state index in [1.807, 2.05) is 36.9 Å². The van der Waals surface area contributed by atoms with Gasteiger partial charge in [-0.1, -0.05) is 0 Å². The highest BCUT2D eigenvalue weighted by molar-refractivity contribution is 6.11. The van der Waals surface area contributed by atoms with Crippen molar-refractivity contribution in [3.63, 3.8) is 0 Å². The van der Waals surface area contributed by atoms with Crippen molar-refractivity contribution in [1.82, 2.24) is 14.7 Å². The lowest BCUT2D eigenvalue weighted by Crippen LogP contribution is -2.21. The Balaban J connectivity index is 2.01. The lowest BCUT2D eigenvalue weighted by atomic mass is 9.85. The predicted octanol–water partition coefficient (Wildman–Crippen LogP) is 1.89. The topological polar surface area (TPSA) is 47.4 Å². The van der Waals surface area contributed by atoms with Crippen molar-refractivity contribution in [3.05, 3.63) is 28.7 Å². The SMILES string of the molecule is CN(C)C=C1CCc2nn(C)c(C3CCOCC3)c2C1=O. The molecule has 0 atom stereocenters. The van der Waals surface area contributed by atoms with Crippen LogP contribution in [0.25, 0.3) is 0 Å². The van der Waals surface area contributed by atoms with Crippen molar-refractivity contribution in [2.45, 2.75) is 31.6 Å². The van der Waals surface area contributed by atoms with E-state index in [-0.39, 0.29) is 5.78 Å². The molecule has 114 valence electrons. The van der Waals surface area contributed by atoms with Crippen LogP contribution < -0.4 is 0 Å². The van der Waals surface area contributed by atoms with Crippen LogP contribution in [-0.2, 0) is 18.2 Å². The average molecular weight is 289 g/mol. The molecule has 1 aliphatic carbocycles. The Morgan fingerprint density at radius 1 is 1.29 bits per heavy atom. The first-order chi connectivity index (χ1) is 10.1. The highest BCUT2D eigenvalue weighted by atomic mass is 16.5. The smallest absolute Gasteiger partial charge is 0.194 e. The summed E-state index contributed by atoms with van der Waals surface area (Å²) in [5, 5.41) is 4.60. The Bertz CT molecular complexity index is 581. The second-order valence-electron chi connectivity index (χ2n) is 6.16. The number of allylic oxidation sites excluding steroid dienone is 1. The first-order valence-corrected chi connectivity index (χ1v) is 7.63. The lowest BCUT2D eigenvalue weighted by Gasteiger charge is -2.24. The van der Waals surface area contributed by atoms with Crippen molar-refractivity contribution >= 4 is 5.78 Å². The van der Waals surface area contributed by atoms with Gasteiger partial charge in [-0.2, -0.15) is 5.10 Å². The Morgan fingerprint density at radius 3 is 2.67 bits per heavy atom. The van der Waals surface area contributed by atoms with E-state index in [0.29, 0.717) is 5.92 Å². The Morgan fingerprint density at radius 2 is 2.00 bits per heavy atom. The van der Waals surface area contributed by atoms with Crippen LogP contribution in [0.3, 0.4) is 0 Å². The van der Waals surface area contributed by atoms with E-state index < -0.39 is 0 Å². The number of carbonyl (C=O) groups is 1. The minimum absolute atomic E-state index is 0.166. The number of ether oxygens (including phenoxy) is 1. The average Bonchev–Trinajstić information content (AvgIpc) is 2.79. The molecule has 1 aromatic rings. The van der Waals surface area contributed by atoms with Crippen LogP contribution >= 0.6 is 0 Å². The fourth-order valence-electron chi connectivity index (χ4n) is 3.42. The van der Waals surface area contributed by atoms with Gasteiger partial charge in [0.05, 0.1) is 17.0 Å². The summed E-state index contributed by atoms with van der Waals surface area (Å²) in [5.41, 5.74) is 3.85. The first-order valence-electron chi connectivity index (χ1n) is 7.63. The van der Waals surface area contributed by atoms with Crippen molar-refractivity contribution in [3.8, 4) is 0 Å². The largest absolute Gasteiger partial charge is 0.383 e. The van der Waals surface area contributed by atoms with Gasteiger partial charge in [-0.25, -0.2) is 0 Å². The van der Waals surface area contributed by atoms with Crippen molar-refractivity contribution < 1.29 is 9.53 Å². The number of carbonyl (C=O) groups excluding carboxylic acids is 1. The highest BCUT2D eigenvalue weighted by Crippen LogP contribution is 2.35. The molecule has 0 unspecified atom stereocenters. The highest BCUT2D eigenvalue weighted by Gasteiger charge is 2.33. The van der Waals surface area contributed by atoms with Crippen molar-refractivity contribution in [2.75, 3.05) is 27.3 Å². The number of aromatic nitrogens is 2. The second-order valence-corrected chi connectivity index (χ2v) is 6.16. The predicted molar refractivity (Wildman–Crippen MR) is 80.4 cm³/mol. The molecule has 0 bridgehead atoms. The van der Waals surface area contributed by atoms with Crippen LogP contribution in [0.5, 0.6) is 0 Å². The van der Waals surface area contributed by atoms with Crippen molar-refractivity contribution in [2.24, 2.45) is 7.05 Å².